The first-order valence-electron chi connectivity index (χ1n) is 6.47. The van der Waals surface area contributed by atoms with Crippen molar-refractivity contribution in [2.75, 3.05) is 5.32 Å². The molecular formula is C16H17BrClN. The van der Waals surface area contributed by atoms with Crippen LogP contribution in [0.3, 0.4) is 0 Å². The van der Waals surface area contributed by atoms with Gasteiger partial charge in [-0.25, -0.2) is 0 Å². The molecule has 0 fully saturated rings. The average Bonchev–Trinajstić information content (AvgIpc) is 2.43. The van der Waals surface area contributed by atoms with Gasteiger partial charge in [-0.3, -0.25) is 0 Å². The molecule has 0 heterocycles. The van der Waals surface area contributed by atoms with Gasteiger partial charge in [0.25, 0.3) is 0 Å². The molecule has 19 heavy (non-hydrogen) atoms. The van der Waals surface area contributed by atoms with Crippen molar-refractivity contribution in [3.05, 3.63) is 63.6 Å². The molecule has 0 spiro atoms. The normalized spacial score (nSPS) is 12.2. The molecule has 0 saturated carbocycles. The summed E-state index contributed by atoms with van der Waals surface area (Å²) < 4.78 is 1.04. The second-order valence-electron chi connectivity index (χ2n) is 4.52. The Hall–Kier alpha value is -0.990. The number of hydrogen-bond donors (Lipinski definition) is 1. The zero-order valence-electron chi connectivity index (χ0n) is 10.9. The summed E-state index contributed by atoms with van der Waals surface area (Å²) in [7, 11) is 0. The third-order valence-corrected chi connectivity index (χ3v) is 3.96. The first-order chi connectivity index (χ1) is 9.20. The fourth-order valence-electron chi connectivity index (χ4n) is 2.09. The van der Waals surface area contributed by atoms with E-state index in [1.807, 2.05) is 24.3 Å². The van der Waals surface area contributed by atoms with Gasteiger partial charge in [0, 0.05) is 9.50 Å². The lowest BCUT2D eigenvalue weighted by Gasteiger charge is -2.21. The molecule has 0 bridgehead atoms. The number of anilines is 1. The van der Waals surface area contributed by atoms with Crippen LogP contribution in [0.4, 0.5) is 5.69 Å². The van der Waals surface area contributed by atoms with Gasteiger partial charge in [-0.15, -0.1) is 0 Å². The number of hydrogen-bond acceptors (Lipinski definition) is 1. The van der Waals surface area contributed by atoms with Gasteiger partial charge in [0.05, 0.1) is 11.7 Å². The van der Waals surface area contributed by atoms with E-state index in [4.69, 9.17) is 11.6 Å². The Morgan fingerprint density at radius 3 is 2.58 bits per heavy atom. The molecule has 1 nitrogen and oxygen atoms in total. The highest BCUT2D eigenvalue weighted by Crippen LogP contribution is 2.31. The Kier molecular flexibility index (Phi) is 5.29. The number of rotatable bonds is 5. The highest BCUT2D eigenvalue weighted by Gasteiger charge is 2.11. The molecule has 3 heteroatoms. The molecule has 0 saturated heterocycles. The maximum absolute atomic E-state index is 6.06. The molecular weight excluding hydrogens is 322 g/mol. The van der Waals surface area contributed by atoms with E-state index in [0.717, 1.165) is 28.0 Å². The topological polar surface area (TPSA) is 12.0 Å². The number of benzene rings is 2. The second-order valence-corrected chi connectivity index (χ2v) is 5.81. The van der Waals surface area contributed by atoms with E-state index in [1.165, 1.54) is 5.56 Å². The van der Waals surface area contributed by atoms with Crippen LogP contribution in [-0.2, 0) is 0 Å². The Balaban J connectivity index is 2.24. The molecule has 1 unspecified atom stereocenters. The molecule has 0 aliphatic heterocycles. The Labute approximate surface area is 128 Å². The predicted molar refractivity (Wildman–Crippen MR) is 86.9 cm³/mol. The standard InChI is InChI=1S/C16H17BrClN/c1-2-6-15(12-7-4-3-5-8-12)19-16-11-13(18)9-10-14(16)17/h3-5,7-11,15,19H,2,6H2,1H3. The van der Waals surface area contributed by atoms with Crippen LogP contribution in [0.25, 0.3) is 0 Å². The fraction of sp³-hybridized carbons (Fsp3) is 0.250. The van der Waals surface area contributed by atoms with Gasteiger partial charge in [-0.2, -0.15) is 0 Å². The van der Waals surface area contributed by atoms with Gasteiger partial charge in [0.15, 0.2) is 0 Å². The van der Waals surface area contributed by atoms with Crippen LogP contribution in [-0.4, -0.2) is 0 Å². The van der Waals surface area contributed by atoms with Crippen LogP contribution in [0.5, 0.6) is 0 Å². The van der Waals surface area contributed by atoms with Gasteiger partial charge >= 0.3 is 0 Å². The van der Waals surface area contributed by atoms with Crippen LogP contribution in [0.15, 0.2) is 53.0 Å². The first kappa shape index (κ1) is 14.4. The minimum absolute atomic E-state index is 0.306. The highest BCUT2D eigenvalue weighted by molar-refractivity contribution is 9.10. The quantitative estimate of drug-likeness (QED) is 0.699. The van der Waals surface area contributed by atoms with Crippen molar-refractivity contribution in [1.29, 1.82) is 0 Å². The molecule has 1 atom stereocenters. The van der Waals surface area contributed by atoms with E-state index >= 15 is 0 Å². The van der Waals surface area contributed by atoms with Crippen LogP contribution in [0, 0.1) is 0 Å². The van der Waals surface area contributed by atoms with Gasteiger partial charge in [-0.05, 0) is 46.1 Å². The Bertz CT molecular complexity index is 528. The smallest absolute Gasteiger partial charge is 0.0514 e. The summed E-state index contributed by atoms with van der Waals surface area (Å²) in [6.45, 7) is 2.20. The summed E-state index contributed by atoms with van der Waals surface area (Å²) in [5.74, 6) is 0. The molecule has 2 aromatic carbocycles. The van der Waals surface area contributed by atoms with Gasteiger partial charge in [-0.1, -0.05) is 55.3 Å². The average molecular weight is 339 g/mol. The van der Waals surface area contributed by atoms with E-state index in [-0.39, 0.29) is 0 Å². The first-order valence-corrected chi connectivity index (χ1v) is 7.64. The molecule has 1 N–H and O–H groups in total. The second kappa shape index (κ2) is 6.97. The maximum atomic E-state index is 6.06. The SMILES string of the molecule is CCCC(Nc1cc(Cl)ccc1Br)c1ccccc1. The van der Waals surface area contributed by atoms with Crippen molar-refractivity contribution in [3.8, 4) is 0 Å². The summed E-state index contributed by atoms with van der Waals surface area (Å²) in [5.41, 5.74) is 2.34. The molecule has 0 amide bonds. The van der Waals surface area contributed by atoms with Gasteiger partial charge in [0.1, 0.15) is 0 Å². The van der Waals surface area contributed by atoms with Gasteiger partial charge in [0.2, 0.25) is 0 Å². The number of halogens is 2. The van der Waals surface area contributed by atoms with Crippen molar-refractivity contribution < 1.29 is 0 Å². The lowest BCUT2D eigenvalue weighted by atomic mass is 10.0. The summed E-state index contributed by atoms with van der Waals surface area (Å²) >= 11 is 9.62. The van der Waals surface area contributed by atoms with Crippen LogP contribution >= 0.6 is 27.5 Å². The fourth-order valence-corrected chi connectivity index (χ4v) is 2.63. The molecule has 2 rings (SSSR count). The van der Waals surface area contributed by atoms with E-state index in [2.05, 4.69) is 52.4 Å². The monoisotopic (exact) mass is 337 g/mol. The lowest BCUT2D eigenvalue weighted by molar-refractivity contribution is 0.677. The van der Waals surface area contributed by atoms with Crippen molar-refractivity contribution >= 4 is 33.2 Å². The minimum atomic E-state index is 0.306. The summed E-state index contributed by atoms with van der Waals surface area (Å²) in [6, 6.07) is 16.6. The molecule has 0 aromatic heterocycles. The van der Waals surface area contributed by atoms with E-state index in [0.29, 0.717) is 6.04 Å². The van der Waals surface area contributed by atoms with Crippen LogP contribution in [0.2, 0.25) is 5.02 Å². The molecule has 0 aliphatic rings. The zero-order chi connectivity index (χ0) is 13.7. The van der Waals surface area contributed by atoms with Crippen LogP contribution in [0.1, 0.15) is 31.4 Å². The van der Waals surface area contributed by atoms with Crippen molar-refractivity contribution in [3.63, 3.8) is 0 Å². The van der Waals surface area contributed by atoms with E-state index in [9.17, 15) is 0 Å². The summed E-state index contributed by atoms with van der Waals surface area (Å²) in [4.78, 5) is 0. The van der Waals surface area contributed by atoms with E-state index < -0.39 is 0 Å². The number of nitrogens with one attached hydrogen (secondary N) is 1. The Morgan fingerprint density at radius 1 is 1.16 bits per heavy atom. The molecule has 0 aliphatic carbocycles. The van der Waals surface area contributed by atoms with Crippen LogP contribution < -0.4 is 5.32 Å². The molecule has 100 valence electrons. The molecule has 2 aromatic rings. The Morgan fingerprint density at radius 2 is 1.89 bits per heavy atom. The third-order valence-electron chi connectivity index (χ3n) is 3.04. The van der Waals surface area contributed by atoms with E-state index in [1.54, 1.807) is 0 Å². The van der Waals surface area contributed by atoms with Crippen molar-refractivity contribution in [2.24, 2.45) is 0 Å². The maximum Gasteiger partial charge on any atom is 0.0514 e. The summed E-state index contributed by atoms with van der Waals surface area (Å²) in [5, 5.41) is 4.32. The minimum Gasteiger partial charge on any atom is -0.377 e. The van der Waals surface area contributed by atoms with Gasteiger partial charge < -0.3 is 5.32 Å². The highest BCUT2D eigenvalue weighted by atomic mass is 79.9. The molecule has 0 radical (unpaired) electrons. The third kappa shape index (κ3) is 3.99. The lowest BCUT2D eigenvalue weighted by Crippen LogP contribution is -2.10. The van der Waals surface area contributed by atoms with Crippen molar-refractivity contribution in [2.45, 2.75) is 25.8 Å². The zero-order valence-corrected chi connectivity index (χ0v) is 13.2. The summed E-state index contributed by atoms with van der Waals surface area (Å²) in [6.07, 6.45) is 2.22. The predicted octanol–water partition coefficient (Wildman–Crippen LogP) is 6.06. The van der Waals surface area contributed by atoms with Crippen molar-refractivity contribution in [1.82, 2.24) is 0 Å². The largest absolute Gasteiger partial charge is 0.377 e.